The van der Waals surface area contributed by atoms with E-state index in [2.05, 4.69) is 10.4 Å². The summed E-state index contributed by atoms with van der Waals surface area (Å²) in [6, 6.07) is 2.80. The first kappa shape index (κ1) is 15.3. The molecule has 2 rings (SSSR count). The van der Waals surface area contributed by atoms with Crippen LogP contribution >= 0.6 is 11.6 Å². The van der Waals surface area contributed by atoms with E-state index in [-0.39, 0.29) is 35.1 Å². The number of halogens is 1. The van der Waals surface area contributed by atoms with Crippen LogP contribution in [0.1, 0.15) is 29.3 Å². The third kappa shape index (κ3) is 3.16. The van der Waals surface area contributed by atoms with Gasteiger partial charge in [-0.25, -0.2) is 4.79 Å². The largest absolute Gasteiger partial charge is 0.570 e. The number of amides is 1. The van der Waals surface area contributed by atoms with Crippen molar-refractivity contribution < 1.29 is 19.3 Å². The second-order valence-electron chi connectivity index (χ2n) is 4.59. The van der Waals surface area contributed by atoms with Crippen molar-refractivity contribution >= 4 is 30.5 Å². The predicted molar refractivity (Wildman–Crippen MR) is 76.5 cm³/mol. The van der Waals surface area contributed by atoms with Crippen molar-refractivity contribution in [2.45, 2.75) is 25.7 Å². The van der Waals surface area contributed by atoms with Crippen molar-refractivity contribution in [2.75, 3.05) is 0 Å². The van der Waals surface area contributed by atoms with Crippen molar-refractivity contribution in [3.8, 4) is 5.75 Å². The number of carboxylic acid groups (broad SMARTS) is 1. The number of nitrogens with zero attached hydrogens (tertiary/aromatic N) is 1. The summed E-state index contributed by atoms with van der Waals surface area (Å²) < 4.78 is 5.35. The van der Waals surface area contributed by atoms with Gasteiger partial charge < -0.3 is 15.1 Å². The van der Waals surface area contributed by atoms with Crippen LogP contribution in [0.15, 0.2) is 17.2 Å². The van der Waals surface area contributed by atoms with Gasteiger partial charge in [-0.2, -0.15) is 4.91 Å². The topological polar surface area (TPSA) is 105 Å². The molecule has 7 nitrogen and oxygen atoms in total. The minimum atomic E-state index is -1.21. The van der Waals surface area contributed by atoms with E-state index < -0.39 is 19.0 Å². The average Bonchev–Trinajstić information content (AvgIpc) is 2.45. The van der Waals surface area contributed by atoms with Crippen molar-refractivity contribution in [2.24, 2.45) is 5.09 Å². The SMILES string of the molecule is CCC(=O)N[C@H]1Cc2cc(Cl)cc(C(=O)O)c2OB1N=O. The molecule has 0 spiro atoms. The Morgan fingerprint density at radius 3 is 2.86 bits per heavy atom. The zero-order valence-electron chi connectivity index (χ0n) is 11.1. The quantitative estimate of drug-likeness (QED) is 0.650. The Bertz CT molecular complexity index is 610. The summed E-state index contributed by atoms with van der Waals surface area (Å²) in [5.41, 5.74) is 0.382. The highest BCUT2D eigenvalue weighted by Crippen LogP contribution is 2.33. The zero-order valence-corrected chi connectivity index (χ0v) is 11.9. The Morgan fingerprint density at radius 1 is 1.57 bits per heavy atom. The molecule has 0 saturated carbocycles. The number of fused-ring (bicyclic) bond motifs is 1. The molecule has 1 aliphatic heterocycles. The first-order chi connectivity index (χ1) is 9.96. The summed E-state index contributed by atoms with van der Waals surface area (Å²) in [5.74, 6) is -2.04. The lowest BCUT2D eigenvalue weighted by molar-refractivity contribution is -0.121. The first-order valence-corrected chi connectivity index (χ1v) is 6.68. The Balaban J connectivity index is 2.39. The van der Waals surface area contributed by atoms with E-state index >= 15 is 0 Å². The van der Waals surface area contributed by atoms with Gasteiger partial charge >= 0.3 is 13.0 Å². The number of nitrogens with one attached hydrogen (secondary N) is 1. The molecule has 2 N–H and O–H groups in total. The highest BCUT2D eigenvalue weighted by atomic mass is 35.5. The maximum Gasteiger partial charge on any atom is 0.570 e. The molecule has 1 aromatic carbocycles. The number of carboxylic acids is 1. The molecule has 1 aliphatic rings. The van der Waals surface area contributed by atoms with E-state index in [0.717, 1.165) is 0 Å². The van der Waals surface area contributed by atoms with Crippen LogP contribution in [0.2, 0.25) is 5.02 Å². The van der Waals surface area contributed by atoms with Gasteiger partial charge in [0.1, 0.15) is 11.3 Å². The summed E-state index contributed by atoms with van der Waals surface area (Å²) in [7, 11) is -1.17. The van der Waals surface area contributed by atoms with E-state index in [1.165, 1.54) is 6.07 Å². The van der Waals surface area contributed by atoms with Crippen LogP contribution in [-0.2, 0) is 11.2 Å². The number of nitroso groups, excluding NO2 is 1. The van der Waals surface area contributed by atoms with Crippen LogP contribution in [0, 0.1) is 4.91 Å². The van der Waals surface area contributed by atoms with Crippen LogP contribution in [0.3, 0.4) is 0 Å². The van der Waals surface area contributed by atoms with Gasteiger partial charge in [0.15, 0.2) is 0 Å². The fraction of sp³-hybridized carbons (Fsp3) is 0.333. The zero-order chi connectivity index (χ0) is 15.6. The van der Waals surface area contributed by atoms with E-state index in [0.29, 0.717) is 5.56 Å². The molecule has 21 heavy (non-hydrogen) atoms. The van der Waals surface area contributed by atoms with E-state index in [1.807, 2.05) is 0 Å². The minimum absolute atomic E-state index is 0.0681. The Labute approximate surface area is 125 Å². The second-order valence-corrected chi connectivity index (χ2v) is 5.03. The molecule has 0 fully saturated rings. The fourth-order valence-electron chi connectivity index (χ4n) is 2.17. The lowest BCUT2D eigenvalue weighted by Crippen LogP contribution is -2.52. The van der Waals surface area contributed by atoms with Gasteiger partial charge in [-0.05, 0) is 24.1 Å². The lowest BCUT2D eigenvalue weighted by Gasteiger charge is -2.28. The number of aromatic carboxylic acids is 1. The van der Waals surface area contributed by atoms with E-state index in [4.69, 9.17) is 21.4 Å². The summed E-state index contributed by atoms with van der Waals surface area (Å²) in [5, 5.41) is 14.9. The molecule has 0 aromatic heterocycles. The van der Waals surface area contributed by atoms with Crippen LogP contribution in [0.5, 0.6) is 5.75 Å². The van der Waals surface area contributed by atoms with Crippen LogP contribution in [0.4, 0.5) is 0 Å². The normalized spacial score (nSPS) is 16.7. The maximum atomic E-state index is 11.5. The molecule has 110 valence electrons. The van der Waals surface area contributed by atoms with Crippen LogP contribution < -0.4 is 9.97 Å². The van der Waals surface area contributed by atoms with Crippen LogP contribution in [-0.4, -0.2) is 30.0 Å². The van der Waals surface area contributed by atoms with Crippen LogP contribution in [0.25, 0.3) is 0 Å². The monoisotopic (exact) mass is 310 g/mol. The number of benzene rings is 1. The van der Waals surface area contributed by atoms with Crippen molar-refractivity contribution in [1.29, 1.82) is 0 Å². The lowest BCUT2D eigenvalue weighted by atomic mass is 9.68. The number of carbonyl (C=O) groups is 2. The summed E-state index contributed by atoms with van der Waals surface area (Å²) in [6.45, 7) is 1.68. The van der Waals surface area contributed by atoms with Gasteiger partial charge in [0.25, 0.3) is 0 Å². The second kappa shape index (κ2) is 6.13. The highest BCUT2D eigenvalue weighted by Gasteiger charge is 2.40. The van der Waals surface area contributed by atoms with Crippen molar-refractivity contribution in [3.05, 3.63) is 33.2 Å². The summed E-state index contributed by atoms with van der Waals surface area (Å²) in [6.07, 6.45) is 0.475. The van der Waals surface area contributed by atoms with Gasteiger partial charge in [-0.3, -0.25) is 4.79 Å². The molecule has 0 unspecified atom stereocenters. The molecule has 1 aromatic rings. The molecular formula is C12H12BClN2O5. The Morgan fingerprint density at radius 2 is 2.29 bits per heavy atom. The summed E-state index contributed by atoms with van der Waals surface area (Å²) in [4.78, 5) is 33.6. The Kier molecular flexibility index (Phi) is 4.47. The van der Waals surface area contributed by atoms with Crippen molar-refractivity contribution in [3.63, 3.8) is 0 Å². The molecule has 0 bridgehead atoms. The third-order valence-electron chi connectivity index (χ3n) is 3.16. The average molecular weight is 311 g/mol. The van der Waals surface area contributed by atoms with E-state index in [1.54, 1.807) is 13.0 Å². The first-order valence-electron chi connectivity index (χ1n) is 6.30. The molecule has 0 aliphatic carbocycles. The predicted octanol–water partition coefficient (Wildman–Crippen LogP) is 1.66. The Hall–Kier alpha value is -2.09. The molecular weight excluding hydrogens is 298 g/mol. The fourth-order valence-corrected chi connectivity index (χ4v) is 2.41. The third-order valence-corrected chi connectivity index (χ3v) is 3.37. The molecule has 0 saturated heterocycles. The molecule has 1 heterocycles. The molecule has 1 amide bonds. The number of hydrogen-bond donors (Lipinski definition) is 2. The number of carbonyl (C=O) groups excluding carboxylic acids is 1. The standard InChI is InChI=1S/C12H12BClN2O5/c1-2-10(17)15-9-4-6-3-7(14)5-8(12(18)19)11(6)21-13(9)16-20/h3,5,9H,2,4H2,1H3,(H,15,17)(H,18,19)/t9-/m0/s1. The summed E-state index contributed by atoms with van der Waals surface area (Å²) >= 11 is 5.89. The van der Waals surface area contributed by atoms with E-state index in [9.17, 15) is 14.5 Å². The van der Waals surface area contributed by atoms with Gasteiger partial charge in [-0.1, -0.05) is 23.6 Å². The van der Waals surface area contributed by atoms with Crippen molar-refractivity contribution in [1.82, 2.24) is 5.32 Å². The smallest absolute Gasteiger partial charge is 0.536 e. The molecule has 0 radical (unpaired) electrons. The van der Waals surface area contributed by atoms with Gasteiger partial charge in [0.05, 0.1) is 5.94 Å². The number of rotatable bonds is 4. The van der Waals surface area contributed by atoms with Gasteiger partial charge in [-0.15, -0.1) is 0 Å². The molecule has 1 atom stereocenters. The van der Waals surface area contributed by atoms with Gasteiger partial charge in [0.2, 0.25) is 5.91 Å². The highest BCUT2D eigenvalue weighted by molar-refractivity contribution is 6.53. The maximum absolute atomic E-state index is 11.5. The molecule has 9 heteroatoms. The number of hydrogen-bond acceptors (Lipinski definition) is 5. The minimum Gasteiger partial charge on any atom is -0.536 e. The van der Waals surface area contributed by atoms with Gasteiger partial charge in [0, 0.05) is 11.4 Å².